The Bertz CT molecular complexity index is 1430. The normalized spacial score (nSPS) is 24.0. The molecule has 0 radical (unpaired) electrons. The molecule has 41 heavy (non-hydrogen) atoms. The summed E-state index contributed by atoms with van der Waals surface area (Å²) < 4.78 is 17.7. The Kier molecular flexibility index (Phi) is 8.61. The van der Waals surface area contributed by atoms with Gasteiger partial charge in [0, 0.05) is 47.5 Å². The molecule has 5 atom stereocenters. The van der Waals surface area contributed by atoms with Crippen molar-refractivity contribution in [3.8, 4) is 10.4 Å². The molecular weight excluding hydrogens is 538 g/mol. The third-order valence-corrected chi connectivity index (χ3v) is 9.05. The Morgan fingerprint density at radius 3 is 2.27 bits per heavy atom. The number of hydrogen-bond donors (Lipinski definition) is 1. The van der Waals surface area contributed by atoms with Crippen LogP contribution in [0.2, 0.25) is 0 Å². The van der Waals surface area contributed by atoms with Gasteiger partial charge in [0.25, 0.3) is 5.91 Å². The van der Waals surface area contributed by atoms with Crippen LogP contribution in [-0.4, -0.2) is 42.2 Å². The van der Waals surface area contributed by atoms with Gasteiger partial charge in [0.15, 0.2) is 6.10 Å². The van der Waals surface area contributed by atoms with E-state index < -0.39 is 30.3 Å². The smallest absolute Gasteiger partial charge is 0.303 e. The van der Waals surface area contributed by atoms with Crippen LogP contribution in [0.25, 0.3) is 10.4 Å². The van der Waals surface area contributed by atoms with Crippen molar-refractivity contribution in [3.05, 3.63) is 81.7 Å². The van der Waals surface area contributed by atoms with Gasteiger partial charge in [-0.3, -0.25) is 14.4 Å². The van der Waals surface area contributed by atoms with E-state index in [1.807, 2.05) is 44.2 Å². The first-order valence-electron chi connectivity index (χ1n) is 14.2. The van der Waals surface area contributed by atoms with Gasteiger partial charge in [-0.2, -0.15) is 0 Å². The Labute approximate surface area is 245 Å². The van der Waals surface area contributed by atoms with Gasteiger partial charge in [0.2, 0.25) is 0 Å². The quantitative estimate of drug-likeness (QED) is 0.323. The highest BCUT2D eigenvalue weighted by molar-refractivity contribution is 7.15. The van der Waals surface area contributed by atoms with Crippen molar-refractivity contribution >= 4 is 29.2 Å². The number of nitrogens with one attached hydrogen (secondary N) is 1. The average molecular weight is 576 g/mol. The van der Waals surface area contributed by atoms with E-state index in [2.05, 4.69) is 36.5 Å². The van der Waals surface area contributed by atoms with Crippen molar-refractivity contribution in [1.82, 2.24) is 5.32 Å². The van der Waals surface area contributed by atoms with E-state index in [1.54, 1.807) is 11.3 Å². The summed E-state index contributed by atoms with van der Waals surface area (Å²) in [6.45, 7) is 8.70. The first kappa shape index (κ1) is 29.0. The number of thiophene rings is 1. The summed E-state index contributed by atoms with van der Waals surface area (Å²) in [4.78, 5) is 38.6. The number of hydrogen-bond acceptors (Lipinski definition) is 7. The predicted octanol–water partition coefficient (Wildman–Crippen LogP) is 6.17. The highest BCUT2D eigenvalue weighted by atomic mass is 32.1. The van der Waals surface area contributed by atoms with Crippen LogP contribution in [0.3, 0.4) is 0 Å². The fourth-order valence-electron chi connectivity index (χ4n) is 5.28. The van der Waals surface area contributed by atoms with Crippen LogP contribution in [0.15, 0.2) is 54.6 Å². The minimum absolute atomic E-state index is 0.0119. The molecule has 1 unspecified atom stereocenters. The van der Waals surface area contributed by atoms with E-state index in [9.17, 15) is 14.4 Å². The molecule has 0 bridgehead atoms. The van der Waals surface area contributed by atoms with E-state index in [0.717, 1.165) is 46.4 Å². The summed E-state index contributed by atoms with van der Waals surface area (Å²) in [5.41, 5.74) is 4.93. The Hall–Kier alpha value is -3.49. The van der Waals surface area contributed by atoms with E-state index >= 15 is 0 Å². The van der Waals surface area contributed by atoms with E-state index in [0.29, 0.717) is 11.6 Å². The van der Waals surface area contributed by atoms with Gasteiger partial charge in [-0.1, -0.05) is 37.3 Å². The SMILES string of the molecule is CC(=O)O[C@H]1[C@H](C)[C@@H](C)OC(c2ccc(C)c(Cc3ccc(-c4ccc(C(=O)NC5CC5)cc4)s3)c2)[C@@H]1OC(C)=O. The van der Waals surface area contributed by atoms with Gasteiger partial charge in [-0.15, -0.1) is 11.3 Å². The summed E-state index contributed by atoms with van der Waals surface area (Å²) in [7, 11) is 0. The Balaban J connectivity index is 1.35. The largest absolute Gasteiger partial charge is 0.458 e. The van der Waals surface area contributed by atoms with Crippen molar-refractivity contribution in [2.75, 3.05) is 0 Å². The number of benzene rings is 2. The maximum atomic E-state index is 12.3. The molecule has 8 heteroatoms. The third-order valence-electron chi connectivity index (χ3n) is 7.92. The Morgan fingerprint density at radius 2 is 1.61 bits per heavy atom. The zero-order chi connectivity index (χ0) is 29.3. The van der Waals surface area contributed by atoms with Crippen molar-refractivity contribution in [2.24, 2.45) is 5.92 Å². The zero-order valence-corrected chi connectivity index (χ0v) is 25.0. The number of carbonyl (C=O) groups is 3. The van der Waals surface area contributed by atoms with Gasteiger partial charge >= 0.3 is 11.9 Å². The average Bonchev–Trinajstić information content (AvgIpc) is 3.63. The second-order valence-electron chi connectivity index (χ2n) is 11.2. The first-order valence-corrected chi connectivity index (χ1v) is 15.0. The maximum Gasteiger partial charge on any atom is 0.303 e. The third kappa shape index (κ3) is 6.88. The molecule has 1 aromatic heterocycles. The molecule has 1 N–H and O–H groups in total. The summed E-state index contributed by atoms with van der Waals surface area (Å²) in [5, 5.41) is 3.03. The molecule has 216 valence electrons. The van der Waals surface area contributed by atoms with Gasteiger partial charge in [-0.25, -0.2) is 0 Å². The van der Waals surface area contributed by atoms with Gasteiger partial charge in [-0.05, 0) is 73.2 Å². The number of carbonyl (C=O) groups excluding carboxylic acids is 3. The van der Waals surface area contributed by atoms with E-state index in [1.165, 1.54) is 18.7 Å². The van der Waals surface area contributed by atoms with Crippen molar-refractivity contribution in [1.29, 1.82) is 0 Å². The fourth-order valence-corrected chi connectivity index (χ4v) is 6.32. The molecule has 1 saturated carbocycles. The molecule has 5 rings (SSSR count). The number of rotatable bonds is 8. The van der Waals surface area contributed by atoms with Crippen LogP contribution in [0.5, 0.6) is 0 Å². The fraction of sp³-hybridized carbons (Fsp3) is 0.424. The van der Waals surface area contributed by atoms with Gasteiger partial charge < -0.3 is 19.5 Å². The molecule has 1 aliphatic heterocycles. The minimum Gasteiger partial charge on any atom is -0.458 e. The zero-order valence-electron chi connectivity index (χ0n) is 24.1. The number of amides is 1. The van der Waals surface area contributed by atoms with Crippen molar-refractivity contribution in [3.63, 3.8) is 0 Å². The molecule has 1 saturated heterocycles. The lowest BCUT2D eigenvalue weighted by atomic mass is 9.85. The summed E-state index contributed by atoms with van der Waals surface area (Å²) >= 11 is 1.72. The Morgan fingerprint density at radius 1 is 0.927 bits per heavy atom. The number of esters is 2. The predicted molar refractivity (Wildman–Crippen MR) is 158 cm³/mol. The van der Waals surface area contributed by atoms with E-state index in [4.69, 9.17) is 14.2 Å². The van der Waals surface area contributed by atoms with Crippen molar-refractivity contribution < 1.29 is 28.6 Å². The molecule has 7 nitrogen and oxygen atoms in total. The molecule has 2 aliphatic rings. The molecule has 2 aromatic carbocycles. The van der Waals surface area contributed by atoms with Gasteiger partial charge in [0.05, 0.1) is 6.10 Å². The highest BCUT2D eigenvalue weighted by Crippen LogP contribution is 2.39. The van der Waals surface area contributed by atoms with Gasteiger partial charge in [0.1, 0.15) is 12.2 Å². The van der Waals surface area contributed by atoms with E-state index in [-0.39, 0.29) is 17.9 Å². The van der Waals surface area contributed by atoms with Crippen LogP contribution in [0, 0.1) is 12.8 Å². The number of aryl methyl sites for hydroxylation is 1. The molecule has 2 fully saturated rings. The standard InChI is InChI=1S/C33H37NO6S/c1-18-6-7-25(31-32(40-22(5)36)30(39-21(4)35)19(2)20(3)38-31)16-26(18)17-28-14-15-29(41-28)23-8-10-24(11-9-23)33(37)34-27-12-13-27/h6-11,14-16,19-20,27,30-32H,12-13,17H2,1-5H3,(H,34,37)/t19-,20-,30+,31?,32-/m1/s1. The summed E-state index contributed by atoms with van der Waals surface area (Å²) in [5.74, 6) is -1.02. The second-order valence-corrected chi connectivity index (χ2v) is 12.4. The monoisotopic (exact) mass is 575 g/mol. The summed E-state index contributed by atoms with van der Waals surface area (Å²) in [6, 6.07) is 18.5. The minimum atomic E-state index is -0.749. The van der Waals surface area contributed by atoms with Crippen molar-refractivity contribution in [2.45, 2.75) is 84.3 Å². The van der Waals surface area contributed by atoms with Crippen LogP contribution in [0.4, 0.5) is 0 Å². The molecule has 3 aromatic rings. The molecular formula is C33H37NO6S. The molecule has 0 spiro atoms. The van der Waals surface area contributed by atoms with Crippen LogP contribution in [-0.2, 0) is 30.2 Å². The lowest BCUT2D eigenvalue weighted by molar-refractivity contribution is -0.222. The lowest BCUT2D eigenvalue weighted by Gasteiger charge is -2.43. The van der Waals surface area contributed by atoms with Crippen LogP contribution in [0.1, 0.15) is 78.6 Å². The highest BCUT2D eigenvalue weighted by Gasteiger charge is 2.47. The lowest BCUT2D eigenvalue weighted by Crippen LogP contribution is -2.52. The second kappa shape index (κ2) is 12.2. The summed E-state index contributed by atoms with van der Waals surface area (Å²) in [6.07, 6.45) is 0.739. The molecule has 2 heterocycles. The van der Waals surface area contributed by atoms with Crippen LogP contribution < -0.4 is 5.32 Å². The maximum absolute atomic E-state index is 12.3. The van der Waals surface area contributed by atoms with Crippen LogP contribution >= 0.6 is 11.3 Å². The molecule has 1 amide bonds. The first-order chi connectivity index (χ1) is 19.6. The molecule has 1 aliphatic carbocycles. The topological polar surface area (TPSA) is 90.9 Å². The number of ether oxygens (including phenoxy) is 3.